The van der Waals surface area contributed by atoms with Crippen molar-refractivity contribution in [2.24, 2.45) is 10.1 Å². The summed E-state index contributed by atoms with van der Waals surface area (Å²) in [5.41, 5.74) is 8.27. The maximum Gasteiger partial charge on any atom is 0.305 e. The van der Waals surface area contributed by atoms with Crippen molar-refractivity contribution in [2.45, 2.75) is 101 Å². The SMILES string of the molecule is COC(=O)CCCCC(=O)N1CCN(C(=O)C(CCCNC(N)=NS(=O)(=O)c2c(C)c(C)c3c(c2C)CC(C)(C)O3)NS(=O)(=O)c2ccc3ccccc3c2)CC1. The van der Waals surface area contributed by atoms with Crippen molar-refractivity contribution in [3.8, 4) is 5.75 Å². The predicted octanol–water partition coefficient (Wildman–Crippen LogP) is 3.60. The van der Waals surface area contributed by atoms with Crippen molar-refractivity contribution in [3.05, 3.63) is 64.7 Å². The van der Waals surface area contributed by atoms with Gasteiger partial charge in [0.25, 0.3) is 10.0 Å². The highest BCUT2D eigenvalue weighted by Gasteiger charge is 2.37. The monoisotopic (exact) mass is 826 g/mol. The van der Waals surface area contributed by atoms with Gasteiger partial charge >= 0.3 is 5.97 Å². The fourth-order valence-corrected chi connectivity index (χ4v) is 10.1. The highest BCUT2D eigenvalue weighted by molar-refractivity contribution is 7.90. The maximum atomic E-state index is 14.0. The van der Waals surface area contributed by atoms with Crippen molar-refractivity contribution in [3.63, 3.8) is 0 Å². The van der Waals surface area contributed by atoms with Crippen LogP contribution in [0.15, 0.2) is 56.7 Å². The first-order valence-electron chi connectivity index (χ1n) is 19.1. The smallest absolute Gasteiger partial charge is 0.305 e. The van der Waals surface area contributed by atoms with Gasteiger partial charge in [0.15, 0.2) is 0 Å². The molecule has 2 aliphatic rings. The normalized spacial score (nSPS) is 16.2. The highest BCUT2D eigenvalue weighted by Crippen LogP contribution is 2.44. The number of fused-ring (bicyclic) bond motifs is 2. The minimum atomic E-state index is -4.23. The molecule has 2 aliphatic heterocycles. The molecule has 0 saturated carbocycles. The number of esters is 1. The van der Waals surface area contributed by atoms with Gasteiger partial charge in [-0.2, -0.15) is 13.1 Å². The van der Waals surface area contributed by atoms with E-state index in [1.165, 1.54) is 13.2 Å². The van der Waals surface area contributed by atoms with E-state index in [9.17, 15) is 31.2 Å². The second-order valence-electron chi connectivity index (χ2n) is 15.2. The molecule has 0 spiro atoms. The van der Waals surface area contributed by atoms with E-state index in [0.717, 1.165) is 21.9 Å². The summed E-state index contributed by atoms with van der Waals surface area (Å²) in [4.78, 5) is 41.5. The molecule has 0 aromatic heterocycles. The third-order valence-corrected chi connectivity index (χ3v) is 13.6. The molecule has 1 atom stereocenters. The lowest BCUT2D eigenvalue weighted by molar-refractivity contribution is -0.141. The number of nitrogens with two attached hydrogens (primary N) is 1. The fourth-order valence-electron chi connectivity index (χ4n) is 7.39. The molecule has 1 unspecified atom stereocenters. The Balaban J connectivity index is 1.26. The van der Waals surface area contributed by atoms with Crippen LogP contribution >= 0.6 is 0 Å². The summed E-state index contributed by atoms with van der Waals surface area (Å²) in [6.45, 7) is 10.2. The van der Waals surface area contributed by atoms with E-state index >= 15 is 0 Å². The molecule has 3 aromatic rings. The second-order valence-corrected chi connectivity index (χ2v) is 18.5. The summed E-state index contributed by atoms with van der Waals surface area (Å²) in [6, 6.07) is 10.9. The van der Waals surface area contributed by atoms with E-state index in [2.05, 4.69) is 19.2 Å². The third kappa shape index (κ3) is 10.4. The van der Waals surface area contributed by atoms with Crippen LogP contribution in [0.2, 0.25) is 0 Å². The average Bonchev–Trinajstić information content (AvgIpc) is 3.51. The Kier molecular flexibility index (Phi) is 13.6. The van der Waals surface area contributed by atoms with Gasteiger partial charge in [-0.15, -0.1) is 4.40 Å². The Morgan fingerprint density at radius 1 is 0.895 bits per heavy atom. The lowest BCUT2D eigenvalue weighted by Crippen LogP contribution is -2.55. The molecule has 0 aliphatic carbocycles. The molecule has 0 radical (unpaired) electrons. The number of sulfonamides is 2. The number of ether oxygens (including phenoxy) is 2. The Bertz CT molecular complexity index is 2270. The molecule has 310 valence electrons. The molecule has 1 saturated heterocycles. The summed E-state index contributed by atoms with van der Waals surface area (Å²) in [6.07, 6.45) is 2.38. The molecule has 15 nitrogen and oxygen atoms in total. The number of methoxy groups -OCH3 is 1. The zero-order valence-corrected chi connectivity index (χ0v) is 35.1. The fraction of sp³-hybridized carbons (Fsp3) is 0.500. The third-order valence-electron chi connectivity index (χ3n) is 10.6. The van der Waals surface area contributed by atoms with Crippen molar-refractivity contribution in [2.75, 3.05) is 39.8 Å². The molecule has 2 amide bonds. The number of hydrogen-bond acceptors (Lipinski definition) is 9. The lowest BCUT2D eigenvalue weighted by Gasteiger charge is -2.36. The van der Waals surface area contributed by atoms with Crippen LogP contribution in [-0.4, -0.2) is 102 Å². The summed E-state index contributed by atoms with van der Waals surface area (Å²) in [5, 5.41) is 4.40. The van der Waals surface area contributed by atoms with Gasteiger partial charge in [-0.25, -0.2) is 8.42 Å². The van der Waals surface area contributed by atoms with Crippen LogP contribution < -0.4 is 20.5 Å². The van der Waals surface area contributed by atoms with E-state index in [-0.39, 0.29) is 86.0 Å². The Hall–Kier alpha value is -4.74. The number of benzene rings is 3. The van der Waals surface area contributed by atoms with Crippen molar-refractivity contribution >= 4 is 54.6 Å². The molecule has 5 rings (SSSR count). The van der Waals surface area contributed by atoms with Gasteiger partial charge in [0.05, 0.1) is 16.9 Å². The zero-order chi connectivity index (χ0) is 41.7. The molecule has 1 fully saturated rings. The van der Waals surface area contributed by atoms with Crippen molar-refractivity contribution in [1.82, 2.24) is 19.8 Å². The Morgan fingerprint density at radius 2 is 1.54 bits per heavy atom. The number of piperazine rings is 1. The van der Waals surface area contributed by atoms with Crippen LogP contribution in [0.4, 0.5) is 0 Å². The van der Waals surface area contributed by atoms with Gasteiger partial charge in [-0.05, 0) is 99.9 Å². The van der Waals surface area contributed by atoms with Crippen LogP contribution in [0.25, 0.3) is 10.8 Å². The largest absolute Gasteiger partial charge is 0.487 e. The zero-order valence-electron chi connectivity index (χ0n) is 33.5. The van der Waals surface area contributed by atoms with Gasteiger partial charge in [0.2, 0.25) is 27.8 Å². The van der Waals surface area contributed by atoms with Gasteiger partial charge in [-0.1, -0.05) is 30.3 Å². The van der Waals surface area contributed by atoms with E-state index < -0.39 is 37.6 Å². The lowest BCUT2D eigenvalue weighted by atomic mass is 9.94. The number of rotatable bonds is 15. The number of guanidine groups is 1. The minimum absolute atomic E-state index is 0.00355. The number of nitrogens with zero attached hydrogens (tertiary/aromatic N) is 3. The Labute approximate surface area is 335 Å². The number of carbonyl (C=O) groups is 3. The molecule has 4 N–H and O–H groups in total. The van der Waals surface area contributed by atoms with Crippen LogP contribution in [0.3, 0.4) is 0 Å². The van der Waals surface area contributed by atoms with Crippen LogP contribution in [-0.2, 0) is 45.6 Å². The molecule has 2 heterocycles. The molecule has 17 heteroatoms. The van der Waals surface area contributed by atoms with Crippen LogP contribution in [0.1, 0.15) is 74.6 Å². The highest BCUT2D eigenvalue weighted by atomic mass is 32.2. The topological polar surface area (TPSA) is 207 Å². The van der Waals surface area contributed by atoms with E-state index in [1.807, 2.05) is 39.0 Å². The Morgan fingerprint density at radius 3 is 2.23 bits per heavy atom. The maximum absolute atomic E-state index is 14.0. The number of amides is 2. The summed E-state index contributed by atoms with van der Waals surface area (Å²) < 4.78 is 72.0. The first kappa shape index (κ1) is 43.4. The van der Waals surface area contributed by atoms with Crippen LogP contribution in [0, 0.1) is 20.8 Å². The minimum Gasteiger partial charge on any atom is -0.487 e. The van der Waals surface area contributed by atoms with Gasteiger partial charge in [0.1, 0.15) is 17.4 Å². The van der Waals surface area contributed by atoms with E-state index in [1.54, 1.807) is 41.8 Å². The quantitative estimate of drug-likeness (QED) is 0.0874. The van der Waals surface area contributed by atoms with E-state index in [4.69, 9.17) is 10.5 Å². The van der Waals surface area contributed by atoms with Crippen molar-refractivity contribution in [1.29, 1.82) is 0 Å². The number of unbranched alkanes of at least 4 members (excludes halogenated alkanes) is 1. The molecule has 3 aromatic carbocycles. The molecule has 0 bridgehead atoms. The average molecular weight is 827 g/mol. The first-order valence-corrected chi connectivity index (χ1v) is 22.1. The molecule has 57 heavy (non-hydrogen) atoms. The van der Waals surface area contributed by atoms with E-state index in [0.29, 0.717) is 36.1 Å². The van der Waals surface area contributed by atoms with Gasteiger partial charge in [0, 0.05) is 57.5 Å². The predicted molar refractivity (Wildman–Crippen MR) is 217 cm³/mol. The summed E-state index contributed by atoms with van der Waals surface area (Å²) >= 11 is 0. The summed E-state index contributed by atoms with van der Waals surface area (Å²) in [5.74, 6) is -0.494. The summed E-state index contributed by atoms with van der Waals surface area (Å²) in [7, 11) is -7.07. The number of carbonyl (C=O) groups excluding carboxylic acids is 3. The molecular weight excluding hydrogens is 773 g/mol. The van der Waals surface area contributed by atoms with Crippen LogP contribution in [0.5, 0.6) is 5.75 Å². The first-order chi connectivity index (χ1) is 26.8. The second kappa shape index (κ2) is 17.8. The molecular formula is C40H54N6O9S2. The number of nitrogens with one attached hydrogen (secondary N) is 2. The van der Waals surface area contributed by atoms with Gasteiger partial charge in [-0.3, -0.25) is 14.4 Å². The van der Waals surface area contributed by atoms with Crippen molar-refractivity contribution < 1.29 is 40.7 Å². The standard InChI is InChI=1S/C40H54N6O9S2/c1-26-27(2)37(28(3)32-25-40(4,5)55-36(26)32)57(52,53)44-39(41)42-19-11-14-33(43-56(50,51)31-18-17-29-12-7-8-13-30(29)24-31)38(49)46-22-20-45(21-23-46)34(47)15-9-10-16-35(48)54-6/h7-8,12-13,17-18,24,33,43H,9-11,14-16,19-23,25H2,1-6H3,(H3,41,42,44). The number of hydrogen-bond donors (Lipinski definition) is 3. The van der Waals surface area contributed by atoms with Gasteiger partial charge < -0.3 is 30.3 Å².